The standard InChI is InChI=1S/C11H13ClN2/c1-3-8-7-9(12)11-5-6-13-14(11)10(8)4-2/h5-7H,3-4H2,1-2H3. The molecule has 2 aromatic heterocycles. The SMILES string of the molecule is CCc1cc(Cl)c2ccnn2c1CC. The molecular formula is C11H13ClN2. The number of fused-ring (bicyclic) bond motifs is 1. The highest BCUT2D eigenvalue weighted by atomic mass is 35.5. The molecule has 0 aliphatic heterocycles. The van der Waals surface area contributed by atoms with Crippen LogP contribution in [0.4, 0.5) is 0 Å². The van der Waals surface area contributed by atoms with Crippen molar-refractivity contribution in [3.63, 3.8) is 0 Å². The van der Waals surface area contributed by atoms with E-state index in [0.717, 1.165) is 23.4 Å². The van der Waals surface area contributed by atoms with E-state index in [0.29, 0.717) is 0 Å². The van der Waals surface area contributed by atoms with Crippen molar-refractivity contribution in [3.8, 4) is 0 Å². The van der Waals surface area contributed by atoms with Gasteiger partial charge in [-0.1, -0.05) is 25.4 Å². The molecule has 0 radical (unpaired) electrons. The normalized spacial score (nSPS) is 11.1. The zero-order valence-electron chi connectivity index (χ0n) is 8.42. The second kappa shape index (κ2) is 3.62. The molecule has 0 aliphatic carbocycles. The van der Waals surface area contributed by atoms with Gasteiger partial charge in [0.2, 0.25) is 0 Å². The third kappa shape index (κ3) is 1.30. The number of aromatic nitrogens is 2. The van der Waals surface area contributed by atoms with Crippen LogP contribution in [0.25, 0.3) is 5.52 Å². The molecule has 0 aliphatic rings. The number of hydrogen-bond donors (Lipinski definition) is 0. The summed E-state index contributed by atoms with van der Waals surface area (Å²) in [5.74, 6) is 0. The molecule has 0 amide bonds. The van der Waals surface area contributed by atoms with E-state index in [1.165, 1.54) is 11.3 Å². The average molecular weight is 209 g/mol. The van der Waals surface area contributed by atoms with Gasteiger partial charge in [0.05, 0.1) is 16.7 Å². The van der Waals surface area contributed by atoms with Crippen LogP contribution in [0.2, 0.25) is 5.02 Å². The van der Waals surface area contributed by atoms with Crippen LogP contribution in [0.5, 0.6) is 0 Å². The van der Waals surface area contributed by atoms with Crippen molar-refractivity contribution in [1.29, 1.82) is 0 Å². The highest BCUT2D eigenvalue weighted by Gasteiger charge is 2.08. The maximum atomic E-state index is 6.15. The maximum absolute atomic E-state index is 6.15. The fourth-order valence-electron chi connectivity index (χ4n) is 1.83. The lowest BCUT2D eigenvalue weighted by Crippen LogP contribution is -2.02. The monoisotopic (exact) mass is 208 g/mol. The van der Waals surface area contributed by atoms with Crippen LogP contribution in [0, 0.1) is 0 Å². The molecule has 0 saturated carbocycles. The van der Waals surface area contributed by atoms with Crippen LogP contribution < -0.4 is 0 Å². The van der Waals surface area contributed by atoms with Gasteiger partial charge in [-0.3, -0.25) is 0 Å². The van der Waals surface area contributed by atoms with E-state index in [1.807, 2.05) is 10.6 Å². The van der Waals surface area contributed by atoms with E-state index in [1.54, 1.807) is 6.20 Å². The van der Waals surface area contributed by atoms with Crippen molar-refractivity contribution < 1.29 is 0 Å². The van der Waals surface area contributed by atoms with Crippen LogP contribution in [0.1, 0.15) is 25.1 Å². The van der Waals surface area contributed by atoms with Gasteiger partial charge in [-0.25, -0.2) is 4.52 Å². The minimum Gasteiger partial charge on any atom is -0.236 e. The Morgan fingerprint density at radius 2 is 2.14 bits per heavy atom. The van der Waals surface area contributed by atoms with E-state index in [-0.39, 0.29) is 0 Å². The molecule has 0 spiro atoms. The van der Waals surface area contributed by atoms with E-state index in [2.05, 4.69) is 25.0 Å². The molecule has 0 atom stereocenters. The highest BCUT2D eigenvalue weighted by Crippen LogP contribution is 2.22. The molecule has 0 fully saturated rings. The predicted octanol–water partition coefficient (Wildman–Crippen LogP) is 3.11. The second-order valence-corrected chi connectivity index (χ2v) is 3.71. The molecule has 0 saturated heterocycles. The first kappa shape index (κ1) is 9.53. The lowest BCUT2D eigenvalue weighted by Gasteiger charge is -2.09. The number of halogens is 1. The van der Waals surface area contributed by atoms with Crippen LogP contribution in [0.3, 0.4) is 0 Å². The molecule has 74 valence electrons. The van der Waals surface area contributed by atoms with Gasteiger partial charge in [-0.2, -0.15) is 5.10 Å². The minimum absolute atomic E-state index is 0.788. The van der Waals surface area contributed by atoms with Gasteiger partial charge in [0.15, 0.2) is 0 Å². The van der Waals surface area contributed by atoms with E-state index in [4.69, 9.17) is 11.6 Å². The molecule has 0 unspecified atom stereocenters. The van der Waals surface area contributed by atoms with E-state index < -0.39 is 0 Å². The summed E-state index contributed by atoms with van der Waals surface area (Å²) in [7, 11) is 0. The molecule has 14 heavy (non-hydrogen) atoms. The molecule has 0 bridgehead atoms. The predicted molar refractivity (Wildman–Crippen MR) is 59.0 cm³/mol. The highest BCUT2D eigenvalue weighted by molar-refractivity contribution is 6.33. The number of nitrogens with zero attached hydrogens (tertiary/aromatic N) is 2. The number of aryl methyl sites for hydroxylation is 2. The minimum atomic E-state index is 0.788. The Morgan fingerprint density at radius 1 is 1.36 bits per heavy atom. The molecule has 3 heteroatoms. The topological polar surface area (TPSA) is 17.3 Å². The lowest BCUT2D eigenvalue weighted by atomic mass is 10.1. The molecule has 2 nitrogen and oxygen atoms in total. The number of rotatable bonds is 2. The van der Waals surface area contributed by atoms with Crippen molar-refractivity contribution in [3.05, 3.63) is 34.6 Å². The first-order chi connectivity index (χ1) is 6.77. The van der Waals surface area contributed by atoms with Gasteiger partial charge < -0.3 is 0 Å². The number of hydrogen-bond acceptors (Lipinski definition) is 1. The second-order valence-electron chi connectivity index (χ2n) is 3.30. The fourth-order valence-corrected chi connectivity index (χ4v) is 2.10. The third-order valence-electron chi connectivity index (χ3n) is 2.53. The molecule has 0 N–H and O–H groups in total. The third-order valence-corrected chi connectivity index (χ3v) is 2.83. The van der Waals surface area contributed by atoms with Crippen molar-refractivity contribution in [1.82, 2.24) is 9.61 Å². The van der Waals surface area contributed by atoms with Gasteiger partial charge in [-0.15, -0.1) is 0 Å². The fraction of sp³-hybridized carbons (Fsp3) is 0.364. The van der Waals surface area contributed by atoms with Crippen LogP contribution >= 0.6 is 11.6 Å². The zero-order valence-corrected chi connectivity index (χ0v) is 9.17. The van der Waals surface area contributed by atoms with E-state index in [9.17, 15) is 0 Å². The first-order valence-corrected chi connectivity index (χ1v) is 5.29. The van der Waals surface area contributed by atoms with Gasteiger partial charge in [0.1, 0.15) is 0 Å². The smallest absolute Gasteiger partial charge is 0.0851 e. The van der Waals surface area contributed by atoms with Crippen LogP contribution in [-0.2, 0) is 12.8 Å². The largest absolute Gasteiger partial charge is 0.236 e. The molecule has 2 rings (SSSR count). The quantitative estimate of drug-likeness (QED) is 0.742. The van der Waals surface area contributed by atoms with Crippen molar-refractivity contribution in [2.24, 2.45) is 0 Å². The van der Waals surface area contributed by atoms with Crippen molar-refractivity contribution in [2.75, 3.05) is 0 Å². The lowest BCUT2D eigenvalue weighted by molar-refractivity contribution is 0.838. The summed E-state index contributed by atoms with van der Waals surface area (Å²) in [5, 5.41) is 5.08. The number of pyridine rings is 1. The Morgan fingerprint density at radius 3 is 2.79 bits per heavy atom. The Labute approximate surface area is 88.5 Å². The van der Waals surface area contributed by atoms with Gasteiger partial charge in [0, 0.05) is 5.69 Å². The Kier molecular flexibility index (Phi) is 2.46. The van der Waals surface area contributed by atoms with Crippen LogP contribution in [-0.4, -0.2) is 9.61 Å². The summed E-state index contributed by atoms with van der Waals surface area (Å²) in [6.45, 7) is 4.28. The molecule has 2 heterocycles. The van der Waals surface area contributed by atoms with E-state index >= 15 is 0 Å². The Bertz CT molecular complexity index is 460. The van der Waals surface area contributed by atoms with Crippen LogP contribution in [0.15, 0.2) is 18.3 Å². The Balaban J connectivity index is 2.82. The average Bonchev–Trinajstić information content (AvgIpc) is 2.66. The summed E-state index contributed by atoms with van der Waals surface area (Å²) < 4.78 is 1.95. The maximum Gasteiger partial charge on any atom is 0.0851 e. The summed E-state index contributed by atoms with van der Waals surface area (Å²) in [6.07, 6.45) is 3.77. The zero-order chi connectivity index (χ0) is 10.1. The molecule has 0 aromatic carbocycles. The Hall–Kier alpha value is -1.02. The van der Waals surface area contributed by atoms with Crippen molar-refractivity contribution >= 4 is 17.1 Å². The summed E-state index contributed by atoms with van der Waals surface area (Å²) in [6, 6.07) is 4.00. The molecule has 2 aromatic rings. The summed E-state index contributed by atoms with van der Waals surface area (Å²) in [5.41, 5.74) is 3.55. The van der Waals surface area contributed by atoms with Crippen molar-refractivity contribution in [2.45, 2.75) is 26.7 Å². The summed E-state index contributed by atoms with van der Waals surface area (Å²) in [4.78, 5) is 0. The van der Waals surface area contributed by atoms with Gasteiger partial charge in [0.25, 0.3) is 0 Å². The molecular weight excluding hydrogens is 196 g/mol. The van der Waals surface area contributed by atoms with Gasteiger partial charge >= 0.3 is 0 Å². The first-order valence-electron chi connectivity index (χ1n) is 4.92. The summed E-state index contributed by atoms with van der Waals surface area (Å²) >= 11 is 6.15. The van der Waals surface area contributed by atoms with Gasteiger partial charge in [-0.05, 0) is 30.5 Å².